The lowest BCUT2D eigenvalue weighted by Crippen LogP contribution is -1.83. The molecule has 0 unspecified atom stereocenters. The summed E-state index contributed by atoms with van der Waals surface area (Å²) in [6, 6.07) is 9.45. The molecule has 0 saturated carbocycles. The maximum atomic E-state index is 8.68. The van der Waals surface area contributed by atoms with Crippen LogP contribution in [-0.2, 0) is 0 Å². The highest BCUT2D eigenvalue weighted by molar-refractivity contribution is 5.91. The molecule has 86 valence electrons. The Bertz CT molecular complexity index is 438. The van der Waals surface area contributed by atoms with Gasteiger partial charge in [0, 0.05) is 5.56 Å². The van der Waals surface area contributed by atoms with Crippen LogP contribution in [-0.4, -0.2) is 6.21 Å². The first-order valence-corrected chi connectivity index (χ1v) is 3.81. The molecule has 0 radical (unpaired) electrons. The molecule has 0 aromatic heterocycles. The van der Waals surface area contributed by atoms with Crippen LogP contribution in [0.3, 0.4) is 0 Å². The molecular formula is C10H9Cl3N2O. The van der Waals surface area contributed by atoms with Crippen molar-refractivity contribution in [3.8, 4) is 11.8 Å². The van der Waals surface area contributed by atoms with Crippen molar-refractivity contribution in [1.82, 2.24) is 0 Å². The number of hydrogen-bond donors (Lipinski definition) is 0. The average Bonchev–Trinajstić information content (AvgIpc) is 2.38. The highest BCUT2D eigenvalue weighted by atomic mass is 35.5. The zero-order valence-electron chi connectivity index (χ0n) is 7.99. The van der Waals surface area contributed by atoms with Crippen LogP contribution in [0.5, 0.6) is 5.75 Å². The van der Waals surface area contributed by atoms with Crippen LogP contribution in [0.15, 0.2) is 35.0 Å². The Hall–Kier alpha value is -1.21. The molecule has 1 aliphatic rings. The molecule has 3 nitrogen and oxygen atoms in total. The fourth-order valence-electron chi connectivity index (χ4n) is 1.09. The molecule has 0 amide bonds. The van der Waals surface area contributed by atoms with Gasteiger partial charge in [-0.1, -0.05) is 23.4 Å². The number of benzene rings is 1. The van der Waals surface area contributed by atoms with Crippen LogP contribution in [0.1, 0.15) is 5.56 Å². The van der Waals surface area contributed by atoms with Gasteiger partial charge in [0.05, 0.1) is 11.8 Å². The van der Waals surface area contributed by atoms with Crippen molar-refractivity contribution in [3.05, 3.63) is 35.4 Å². The summed E-state index contributed by atoms with van der Waals surface area (Å²) in [4.78, 5) is 5.05. The lowest BCUT2D eigenvalue weighted by Gasteiger charge is -1.98. The molecule has 0 N–H and O–H groups in total. The van der Waals surface area contributed by atoms with E-state index >= 15 is 0 Å². The fourth-order valence-corrected chi connectivity index (χ4v) is 1.09. The monoisotopic (exact) mass is 278 g/mol. The highest BCUT2D eigenvalue weighted by Crippen LogP contribution is 2.22. The van der Waals surface area contributed by atoms with Gasteiger partial charge in [0.1, 0.15) is 6.07 Å². The number of nitriles is 1. The molecule has 0 saturated heterocycles. The number of allylic oxidation sites excluding steroid dienone is 1. The summed E-state index contributed by atoms with van der Waals surface area (Å²) in [5.74, 6) is 0.670. The number of rotatable bonds is 0. The predicted molar refractivity (Wildman–Crippen MR) is 70.9 cm³/mol. The molecule has 6 heteroatoms. The SMILES string of the molecule is Cl.Cl.Cl.N#CC1=Cc2ccccc2ON=C1. The zero-order valence-corrected chi connectivity index (χ0v) is 10.4. The van der Waals surface area contributed by atoms with Gasteiger partial charge in [0.15, 0.2) is 5.75 Å². The molecule has 1 aromatic rings. The van der Waals surface area contributed by atoms with Gasteiger partial charge in [0.25, 0.3) is 0 Å². The topological polar surface area (TPSA) is 45.4 Å². The molecule has 1 heterocycles. The lowest BCUT2D eigenvalue weighted by atomic mass is 10.1. The standard InChI is InChI=1S/C10H6N2O.3ClH/c11-6-8-5-9-3-1-2-4-10(9)13-12-7-8;;;/h1-5,7H;3*1H. The van der Waals surface area contributed by atoms with E-state index in [4.69, 9.17) is 10.1 Å². The Morgan fingerprint density at radius 3 is 2.50 bits per heavy atom. The highest BCUT2D eigenvalue weighted by Gasteiger charge is 2.04. The molecule has 16 heavy (non-hydrogen) atoms. The van der Waals surface area contributed by atoms with Gasteiger partial charge < -0.3 is 4.84 Å². The molecule has 0 spiro atoms. The second-order valence-electron chi connectivity index (χ2n) is 2.58. The molecule has 0 fully saturated rings. The first-order valence-electron chi connectivity index (χ1n) is 3.81. The van der Waals surface area contributed by atoms with Gasteiger partial charge in [0.2, 0.25) is 0 Å². The lowest BCUT2D eigenvalue weighted by molar-refractivity contribution is 0.344. The minimum absolute atomic E-state index is 0. The average molecular weight is 280 g/mol. The zero-order chi connectivity index (χ0) is 9.10. The van der Waals surface area contributed by atoms with E-state index in [0.29, 0.717) is 11.3 Å². The van der Waals surface area contributed by atoms with E-state index < -0.39 is 0 Å². The Morgan fingerprint density at radius 2 is 1.81 bits per heavy atom. The van der Waals surface area contributed by atoms with Crippen LogP contribution >= 0.6 is 37.2 Å². The number of oxime groups is 1. The van der Waals surface area contributed by atoms with Gasteiger partial charge in [-0.05, 0) is 12.1 Å². The Kier molecular flexibility index (Phi) is 8.60. The van der Waals surface area contributed by atoms with E-state index in [9.17, 15) is 0 Å². The first kappa shape index (κ1) is 17.2. The van der Waals surface area contributed by atoms with Gasteiger partial charge in [-0.2, -0.15) is 5.26 Å². The molecule has 0 bridgehead atoms. The van der Waals surface area contributed by atoms with Crippen molar-refractivity contribution in [2.45, 2.75) is 0 Å². The second kappa shape index (κ2) is 8.00. The number of nitrogens with zero attached hydrogens (tertiary/aromatic N) is 2. The van der Waals surface area contributed by atoms with Crippen molar-refractivity contribution >= 4 is 49.5 Å². The van der Waals surface area contributed by atoms with Crippen molar-refractivity contribution < 1.29 is 4.84 Å². The predicted octanol–water partition coefficient (Wildman–Crippen LogP) is 3.24. The van der Waals surface area contributed by atoms with E-state index in [0.717, 1.165) is 5.56 Å². The van der Waals surface area contributed by atoms with E-state index in [2.05, 4.69) is 5.16 Å². The number of para-hydroxylation sites is 1. The van der Waals surface area contributed by atoms with Crippen LogP contribution in [0.2, 0.25) is 0 Å². The summed E-state index contributed by atoms with van der Waals surface area (Å²) in [7, 11) is 0. The third-order valence-corrected chi connectivity index (χ3v) is 1.70. The van der Waals surface area contributed by atoms with E-state index in [1.807, 2.05) is 30.3 Å². The Labute approximate surface area is 112 Å². The molecule has 2 rings (SSSR count). The van der Waals surface area contributed by atoms with E-state index in [1.165, 1.54) is 6.21 Å². The third-order valence-electron chi connectivity index (χ3n) is 1.70. The van der Waals surface area contributed by atoms with Crippen molar-refractivity contribution in [2.24, 2.45) is 5.16 Å². The minimum atomic E-state index is 0. The number of hydrogen-bond acceptors (Lipinski definition) is 3. The third kappa shape index (κ3) is 3.74. The summed E-state index contributed by atoms with van der Waals surface area (Å²) >= 11 is 0. The van der Waals surface area contributed by atoms with Crippen LogP contribution < -0.4 is 4.84 Å². The summed E-state index contributed by atoms with van der Waals surface area (Å²) in [6.45, 7) is 0. The first-order chi connectivity index (χ1) is 6.40. The van der Waals surface area contributed by atoms with Gasteiger partial charge in [-0.25, -0.2) is 0 Å². The molecule has 0 atom stereocenters. The van der Waals surface area contributed by atoms with Gasteiger partial charge >= 0.3 is 0 Å². The van der Waals surface area contributed by atoms with Crippen LogP contribution in [0.4, 0.5) is 0 Å². The second-order valence-corrected chi connectivity index (χ2v) is 2.58. The molecule has 1 aliphatic heterocycles. The van der Waals surface area contributed by atoms with Crippen molar-refractivity contribution in [2.75, 3.05) is 0 Å². The Morgan fingerprint density at radius 1 is 1.12 bits per heavy atom. The fraction of sp³-hybridized carbons (Fsp3) is 0. The Balaban J connectivity index is 0. The van der Waals surface area contributed by atoms with Crippen molar-refractivity contribution in [3.63, 3.8) is 0 Å². The van der Waals surface area contributed by atoms with Crippen molar-refractivity contribution in [1.29, 1.82) is 5.26 Å². The quantitative estimate of drug-likeness (QED) is 0.732. The number of fused-ring (bicyclic) bond motifs is 1. The minimum Gasteiger partial charge on any atom is -0.356 e. The molecular weight excluding hydrogens is 270 g/mol. The molecule has 0 aliphatic carbocycles. The summed E-state index contributed by atoms with van der Waals surface area (Å²) in [5.41, 5.74) is 1.36. The normalized spacial score (nSPS) is 10.8. The summed E-state index contributed by atoms with van der Waals surface area (Å²) < 4.78 is 0. The number of halogens is 3. The van der Waals surface area contributed by atoms with E-state index in [1.54, 1.807) is 6.08 Å². The van der Waals surface area contributed by atoms with Crippen LogP contribution in [0, 0.1) is 11.3 Å². The largest absolute Gasteiger partial charge is 0.356 e. The maximum absolute atomic E-state index is 8.68. The smallest absolute Gasteiger partial charge is 0.165 e. The molecule has 1 aromatic carbocycles. The van der Waals surface area contributed by atoms with Gasteiger partial charge in [-0.3, -0.25) is 0 Å². The maximum Gasteiger partial charge on any atom is 0.165 e. The van der Waals surface area contributed by atoms with Gasteiger partial charge in [-0.15, -0.1) is 37.2 Å². The van der Waals surface area contributed by atoms with E-state index in [-0.39, 0.29) is 37.2 Å². The van der Waals surface area contributed by atoms with Crippen LogP contribution in [0.25, 0.3) is 6.08 Å². The summed E-state index contributed by atoms with van der Waals surface area (Å²) in [5, 5.41) is 12.3. The summed E-state index contributed by atoms with van der Waals surface area (Å²) in [6.07, 6.45) is 3.14.